The van der Waals surface area contributed by atoms with Crippen molar-refractivity contribution < 1.29 is 17.9 Å². The predicted molar refractivity (Wildman–Crippen MR) is 87.8 cm³/mol. The third kappa shape index (κ3) is 3.22. The summed E-state index contributed by atoms with van der Waals surface area (Å²) >= 11 is 6.05. The molecule has 1 fully saturated rings. The molecule has 23 heavy (non-hydrogen) atoms. The molecule has 1 aromatic heterocycles. The summed E-state index contributed by atoms with van der Waals surface area (Å²) < 4.78 is 28.2. The smallest absolute Gasteiger partial charge is 0.336 e. The SMILES string of the molecule is Cc1cc(=O)oc2c(CN[C@H]3CCS(=O)(=O)C3)c(O)c(Cl)cc12. The second-order valence-electron chi connectivity index (χ2n) is 5.79. The maximum atomic E-state index is 11.6. The summed E-state index contributed by atoms with van der Waals surface area (Å²) in [4.78, 5) is 11.6. The number of aryl methyl sites for hydroxylation is 1. The van der Waals surface area contributed by atoms with Gasteiger partial charge >= 0.3 is 5.63 Å². The molecule has 1 aliphatic heterocycles. The van der Waals surface area contributed by atoms with Crippen LogP contribution >= 0.6 is 11.6 Å². The number of rotatable bonds is 3. The van der Waals surface area contributed by atoms with E-state index in [1.165, 1.54) is 6.07 Å². The first-order chi connectivity index (χ1) is 10.8. The van der Waals surface area contributed by atoms with Crippen LogP contribution in [0.15, 0.2) is 21.3 Å². The van der Waals surface area contributed by atoms with Crippen LogP contribution in [-0.2, 0) is 16.4 Å². The highest BCUT2D eigenvalue weighted by atomic mass is 35.5. The number of benzene rings is 1. The summed E-state index contributed by atoms with van der Waals surface area (Å²) in [6.07, 6.45) is 0.518. The predicted octanol–water partition coefficient (Wildman–Crippen LogP) is 1.74. The molecular weight excluding hydrogens is 342 g/mol. The van der Waals surface area contributed by atoms with Crippen LogP contribution < -0.4 is 10.9 Å². The molecule has 1 saturated heterocycles. The van der Waals surface area contributed by atoms with Crippen LogP contribution in [0.25, 0.3) is 11.0 Å². The molecule has 3 rings (SSSR count). The highest BCUT2D eigenvalue weighted by molar-refractivity contribution is 7.91. The Morgan fingerprint density at radius 3 is 2.83 bits per heavy atom. The molecule has 8 heteroatoms. The summed E-state index contributed by atoms with van der Waals surface area (Å²) in [7, 11) is -3.00. The van der Waals surface area contributed by atoms with E-state index in [0.29, 0.717) is 22.9 Å². The van der Waals surface area contributed by atoms with Gasteiger partial charge in [-0.15, -0.1) is 0 Å². The first-order valence-electron chi connectivity index (χ1n) is 7.15. The van der Waals surface area contributed by atoms with Gasteiger partial charge in [0.15, 0.2) is 9.84 Å². The van der Waals surface area contributed by atoms with Crippen molar-refractivity contribution in [2.45, 2.75) is 25.9 Å². The van der Waals surface area contributed by atoms with E-state index in [0.717, 1.165) is 0 Å². The minimum atomic E-state index is -3.00. The molecule has 6 nitrogen and oxygen atoms in total. The summed E-state index contributed by atoms with van der Waals surface area (Å²) in [5.41, 5.74) is 0.812. The van der Waals surface area contributed by atoms with Crippen LogP contribution in [0, 0.1) is 6.92 Å². The zero-order valence-electron chi connectivity index (χ0n) is 12.4. The average molecular weight is 358 g/mol. The molecule has 0 unspecified atom stereocenters. The number of halogens is 1. The Morgan fingerprint density at radius 1 is 1.43 bits per heavy atom. The Balaban J connectivity index is 1.99. The second kappa shape index (κ2) is 5.81. The van der Waals surface area contributed by atoms with Gasteiger partial charge in [0.2, 0.25) is 0 Å². The van der Waals surface area contributed by atoms with Gasteiger partial charge in [0.1, 0.15) is 11.3 Å². The summed E-state index contributed by atoms with van der Waals surface area (Å²) in [6.45, 7) is 1.92. The number of phenols is 1. The number of fused-ring (bicyclic) bond motifs is 1. The Kier molecular flexibility index (Phi) is 4.12. The standard InChI is InChI=1S/C15H16ClNO5S/c1-8-4-13(18)22-15-10(8)5-12(16)14(19)11(15)6-17-9-2-3-23(20,21)7-9/h4-5,9,17,19H,2-3,6-7H2,1H3/t9-/m0/s1. The molecule has 124 valence electrons. The molecule has 0 spiro atoms. The molecule has 1 atom stereocenters. The van der Waals surface area contributed by atoms with E-state index >= 15 is 0 Å². The molecule has 0 bridgehead atoms. The lowest BCUT2D eigenvalue weighted by atomic mass is 10.1. The second-order valence-corrected chi connectivity index (χ2v) is 8.43. The third-order valence-corrected chi connectivity index (χ3v) is 6.12. The van der Waals surface area contributed by atoms with E-state index in [-0.39, 0.29) is 40.4 Å². The molecule has 2 N–H and O–H groups in total. The highest BCUT2D eigenvalue weighted by Gasteiger charge is 2.28. The van der Waals surface area contributed by atoms with Gasteiger partial charge in [-0.05, 0) is 25.0 Å². The largest absolute Gasteiger partial charge is 0.506 e. The van der Waals surface area contributed by atoms with Crippen LogP contribution in [-0.4, -0.2) is 31.1 Å². The first-order valence-corrected chi connectivity index (χ1v) is 9.35. The van der Waals surface area contributed by atoms with E-state index < -0.39 is 15.5 Å². The van der Waals surface area contributed by atoms with Gasteiger partial charge in [-0.3, -0.25) is 0 Å². The fraction of sp³-hybridized carbons (Fsp3) is 0.400. The average Bonchev–Trinajstić information content (AvgIpc) is 2.80. The lowest BCUT2D eigenvalue weighted by Gasteiger charge is -2.14. The van der Waals surface area contributed by atoms with Crippen molar-refractivity contribution in [2.24, 2.45) is 0 Å². The van der Waals surface area contributed by atoms with Crippen molar-refractivity contribution >= 4 is 32.4 Å². The lowest BCUT2D eigenvalue weighted by molar-refractivity contribution is 0.455. The molecule has 2 heterocycles. The molecule has 1 aromatic carbocycles. The van der Waals surface area contributed by atoms with Crippen molar-refractivity contribution in [3.63, 3.8) is 0 Å². The van der Waals surface area contributed by atoms with Gasteiger partial charge in [0.25, 0.3) is 0 Å². The van der Waals surface area contributed by atoms with Crippen LogP contribution in [0.5, 0.6) is 5.75 Å². The van der Waals surface area contributed by atoms with E-state index in [1.54, 1.807) is 13.0 Å². The minimum absolute atomic E-state index is 0.0647. The topological polar surface area (TPSA) is 96.6 Å². The van der Waals surface area contributed by atoms with E-state index in [4.69, 9.17) is 16.0 Å². The molecule has 0 amide bonds. The summed E-state index contributed by atoms with van der Waals surface area (Å²) in [5, 5.41) is 14.1. The van der Waals surface area contributed by atoms with Gasteiger partial charge in [-0.1, -0.05) is 11.6 Å². The van der Waals surface area contributed by atoms with Crippen LogP contribution in [0.1, 0.15) is 17.5 Å². The molecule has 0 aliphatic carbocycles. The van der Waals surface area contributed by atoms with Crippen molar-refractivity contribution in [3.8, 4) is 5.75 Å². The summed E-state index contributed by atoms with van der Waals surface area (Å²) in [5.74, 6) is 0.0531. The lowest BCUT2D eigenvalue weighted by Crippen LogP contribution is -2.29. The molecule has 0 saturated carbocycles. The summed E-state index contributed by atoms with van der Waals surface area (Å²) in [6, 6.07) is 2.72. The number of nitrogens with one attached hydrogen (secondary N) is 1. The Bertz CT molecular complexity index is 935. The number of phenolic OH excluding ortho intramolecular Hbond substituents is 1. The van der Waals surface area contributed by atoms with E-state index in [1.807, 2.05) is 0 Å². The zero-order chi connectivity index (χ0) is 16.8. The van der Waals surface area contributed by atoms with Crippen molar-refractivity contribution in [1.82, 2.24) is 5.32 Å². The molecule has 1 aliphatic rings. The normalized spacial score (nSPS) is 20.2. The van der Waals surface area contributed by atoms with Gasteiger partial charge < -0.3 is 14.8 Å². The van der Waals surface area contributed by atoms with E-state index in [2.05, 4.69) is 5.32 Å². The Hall–Kier alpha value is -1.57. The number of sulfone groups is 1. The molecular formula is C15H16ClNO5S. The first kappa shape index (κ1) is 16.3. The highest BCUT2D eigenvalue weighted by Crippen LogP contribution is 2.35. The van der Waals surface area contributed by atoms with Crippen molar-refractivity contribution in [1.29, 1.82) is 0 Å². The van der Waals surface area contributed by atoms with Crippen molar-refractivity contribution in [3.05, 3.63) is 38.7 Å². The maximum Gasteiger partial charge on any atom is 0.336 e. The van der Waals surface area contributed by atoms with E-state index in [9.17, 15) is 18.3 Å². The Morgan fingerprint density at radius 2 is 2.17 bits per heavy atom. The number of hydrogen-bond donors (Lipinski definition) is 2. The van der Waals surface area contributed by atoms with Gasteiger partial charge in [0, 0.05) is 24.0 Å². The zero-order valence-corrected chi connectivity index (χ0v) is 14.0. The van der Waals surface area contributed by atoms with Crippen LogP contribution in [0.2, 0.25) is 5.02 Å². The van der Waals surface area contributed by atoms with Gasteiger partial charge in [0.05, 0.1) is 22.1 Å². The monoisotopic (exact) mass is 357 g/mol. The number of hydrogen-bond acceptors (Lipinski definition) is 6. The van der Waals surface area contributed by atoms with Crippen LogP contribution in [0.4, 0.5) is 0 Å². The third-order valence-electron chi connectivity index (χ3n) is 4.06. The van der Waals surface area contributed by atoms with Crippen molar-refractivity contribution in [2.75, 3.05) is 11.5 Å². The number of aromatic hydroxyl groups is 1. The van der Waals surface area contributed by atoms with Crippen LogP contribution in [0.3, 0.4) is 0 Å². The molecule has 2 aromatic rings. The fourth-order valence-corrected chi connectivity index (χ4v) is 4.77. The van der Waals surface area contributed by atoms with Gasteiger partial charge in [-0.2, -0.15) is 0 Å². The quantitative estimate of drug-likeness (QED) is 0.812. The van der Waals surface area contributed by atoms with Gasteiger partial charge in [-0.25, -0.2) is 13.2 Å². The fourth-order valence-electron chi connectivity index (χ4n) is 2.84. The minimum Gasteiger partial charge on any atom is -0.506 e. The maximum absolute atomic E-state index is 11.6. The Labute approximate surface area is 138 Å². The molecule has 0 radical (unpaired) electrons.